The van der Waals surface area contributed by atoms with Crippen molar-refractivity contribution in [2.45, 2.75) is 41.0 Å². The highest BCUT2D eigenvalue weighted by Gasteiger charge is 1.89. The van der Waals surface area contributed by atoms with Crippen LogP contribution in [0.4, 0.5) is 0 Å². The lowest BCUT2D eigenvalue weighted by atomic mass is 10.2. The Balaban J connectivity index is 0. The van der Waals surface area contributed by atoms with Crippen molar-refractivity contribution in [3.05, 3.63) is 29.8 Å². The molecule has 1 rings (SSSR count). The van der Waals surface area contributed by atoms with Crippen molar-refractivity contribution in [1.82, 2.24) is 0 Å². The second-order valence-electron chi connectivity index (χ2n) is 2.20. The normalized spacial score (nSPS) is 7.57. The first-order valence-corrected chi connectivity index (χ1v) is 5.49. The van der Waals surface area contributed by atoms with Gasteiger partial charge in [0.05, 0.1) is 7.11 Å². The zero-order chi connectivity index (χ0) is 11.4. The third-order valence-corrected chi connectivity index (χ3v) is 1.57. The van der Waals surface area contributed by atoms with Gasteiger partial charge in [-0.2, -0.15) is 0 Å². The van der Waals surface area contributed by atoms with Crippen LogP contribution in [0.3, 0.4) is 0 Å². The van der Waals surface area contributed by atoms with E-state index in [4.69, 9.17) is 4.74 Å². The molecule has 0 aliphatic carbocycles. The van der Waals surface area contributed by atoms with Crippen molar-refractivity contribution in [2.75, 3.05) is 7.11 Å². The van der Waals surface area contributed by atoms with E-state index in [9.17, 15) is 0 Å². The van der Waals surface area contributed by atoms with Crippen molar-refractivity contribution in [2.24, 2.45) is 0 Å². The number of benzene rings is 1. The first-order valence-electron chi connectivity index (χ1n) is 5.49. The smallest absolute Gasteiger partial charge is 0.118 e. The molecular weight excluding hydrogens is 172 g/mol. The number of methoxy groups -OCH3 is 1. The summed E-state index contributed by atoms with van der Waals surface area (Å²) in [5.74, 6) is 0.928. The fourth-order valence-corrected chi connectivity index (χ4v) is 0.861. The summed E-state index contributed by atoms with van der Waals surface area (Å²) in [5, 5.41) is 0. The lowest BCUT2D eigenvalue weighted by Crippen LogP contribution is -1.83. The van der Waals surface area contributed by atoms with E-state index in [0.29, 0.717) is 0 Å². The second kappa shape index (κ2) is 12.0. The Bertz CT molecular complexity index is 166. The second-order valence-corrected chi connectivity index (χ2v) is 2.20. The van der Waals surface area contributed by atoms with Gasteiger partial charge in [0, 0.05) is 0 Å². The first kappa shape index (κ1) is 15.5. The molecule has 82 valence electrons. The van der Waals surface area contributed by atoms with E-state index < -0.39 is 0 Å². The average Bonchev–Trinajstić information content (AvgIpc) is 2.34. The summed E-state index contributed by atoms with van der Waals surface area (Å²) >= 11 is 0. The molecule has 0 heterocycles. The summed E-state index contributed by atoms with van der Waals surface area (Å²) in [7, 11) is 1.68. The van der Waals surface area contributed by atoms with Gasteiger partial charge >= 0.3 is 0 Å². The minimum atomic E-state index is 0.928. The van der Waals surface area contributed by atoms with E-state index in [1.54, 1.807) is 7.11 Å². The van der Waals surface area contributed by atoms with Gasteiger partial charge in [0.2, 0.25) is 0 Å². The van der Waals surface area contributed by atoms with Gasteiger partial charge in [0.1, 0.15) is 5.75 Å². The number of aryl methyl sites for hydroxylation is 1. The first-order chi connectivity index (χ1) is 6.86. The molecule has 0 saturated carbocycles. The molecule has 0 radical (unpaired) electrons. The number of hydrogen-bond acceptors (Lipinski definition) is 1. The summed E-state index contributed by atoms with van der Waals surface area (Å²) in [5.41, 5.74) is 1.35. The minimum absolute atomic E-state index is 0.928. The maximum Gasteiger partial charge on any atom is 0.118 e. The van der Waals surface area contributed by atoms with Gasteiger partial charge in [-0.15, -0.1) is 0 Å². The van der Waals surface area contributed by atoms with Gasteiger partial charge in [-0.25, -0.2) is 0 Å². The Kier molecular flexibility index (Phi) is 13.3. The van der Waals surface area contributed by atoms with E-state index in [0.717, 1.165) is 12.2 Å². The predicted molar refractivity (Wildman–Crippen MR) is 65.1 cm³/mol. The summed E-state index contributed by atoms with van der Waals surface area (Å²) in [6.07, 6.45) is 1.09. The van der Waals surface area contributed by atoms with E-state index in [-0.39, 0.29) is 0 Å². The van der Waals surface area contributed by atoms with Crippen molar-refractivity contribution in [3.8, 4) is 5.75 Å². The zero-order valence-electron chi connectivity index (χ0n) is 10.4. The van der Waals surface area contributed by atoms with Crippen molar-refractivity contribution < 1.29 is 4.74 Å². The van der Waals surface area contributed by atoms with Crippen LogP contribution in [0, 0.1) is 0 Å². The maximum atomic E-state index is 5.01. The van der Waals surface area contributed by atoms with Gasteiger partial charge in [0.25, 0.3) is 0 Å². The van der Waals surface area contributed by atoms with E-state index >= 15 is 0 Å². The highest BCUT2D eigenvalue weighted by Crippen LogP contribution is 2.10. The molecule has 0 aromatic heterocycles. The van der Waals surface area contributed by atoms with Crippen LogP contribution in [0.2, 0.25) is 0 Å². The standard InChI is InChI=1S/C9H12O.2C2H6/c1-3-8-4-6-9(10-2)7-5-8;2*1-2/h4-7H,3H2,1-2H3;2*1-2H3. The minimum Gasteiger partial charge on any atom is -0.497 e. The van der Waals surface area contributed by atoms with Crippen molar-refractivity contribution in [3.63, 3.8) is 0 Å². The van der Waals surface area contributed by atoms with Crippen LogP contribution >= 0.6 is 0 Å². The Hall–Kier alpha value is -0.980. The molecule has 0 fully saturated rings. The topological polar surface area (TPSA) is 9.23 Å². The molecule has 0 N–H and O–H groups in total. The molecule has 14 heavy (non-hydrogen) atoms. The van der Waals surface area contributed by atoms with E-state index in [1.165, 1.54) is 5.56 Å². The number of ether oxygens (including phenoxy) is 1. The Morgan fingerprint density at radius 3 is 1.64 bits per heavy atom. The summed E-state index contributed by atoms with van der Waals surface area (Å²) in [6, 6.07) is 8.13. The molecule has 1 heteroatoms. The fourth-order valence-electron chi connectivity index (χ4n) is 0.861. The van der Waals surface area contributed by atoms with Crippen molar-refractivity contribution in [1.29, 1.82) is 0 Å². The van der Waals surface area contributed by atoms with Gasteiger partial charge in [0.15, 0.2) is 0 Å². The molecule has 1 nitrogen and oxygen atoms in total. The highest BCUT2D eigenvalue weighted by atomic mass is 16.5. The van der Waals surface area contributed by atoms with Crippen molar-refractivity contribution >= 4 is 0 Å². The van der Waals surface area contributed by atoms with Crippen LogP contribution in [-0.2, 0) is 6.42 Å². The van der Waals surface area contributed by atoms with Crippen LogP contribution in [0.15, 0.2) is 24.3 Å². The lowest BCUT2D eigenvalue weighted by molar-refractivity contribution is 0.414. The predicted octanol–water partition coefficient (Wildman–Crippen LogP) is 4.31. The quantitative estimate of drug-likeness (QED) is 0.685. The molecular formula is C13H24O. The Labute approximate surface area is 89.1 Å². The average molecular weight is 196 g/mol. The zero-order valence-corrected chi connectivity index (χ0v) is 10.4. The molecule has 0 spiro atoms. The van der Waals surface area contributed by atoms with Gasteiger partial charge < -0.3 is 4.74 Å². The van der Waals surface area contributed by atoms with E-state index in [1.807, 2.05) is 39.8 Å². The molecule has 0 amide bonds. The molecule has 0 saturated heterocycles. The van der Waals surface area contributed by atoms with Crippen LogP contribution in [0.25, 0.3) is 0 Å². The fraction of sp³-hybridized carbons (Fsp3) is 0.538. The summed E-state index contributed by atoms with van der Waals surface area (Å²) in [6.45, 7) is 10.1. The highest BCUT2D eigenvalue weighted by molar-refractivity contribution is 5.26. The lowest BCUT2D eigenvalue weighted by Gasteiger charge is -1.99. The number of rotatable bonds is 2. The van der Waals surface area contributed by atoms with Gasteiger partial charge in [-0.3, -0.25) is 0 Å². The van der Waals surface area contributed by atoms with E-state index in [2.05, 4.69) is 19.1 Å². The molecule has 0 bridgehead atoms. The largest absolute Gasteiger partial charge is 0.497 e. The Morgan fingerprint density at radius 1 is 0.929 bits per heavy atom. The third kappa shape index (κ3) is 6.53. The third-order valence-electron chi connectivity index (χ3n) is 1.57. The SMILES string of the molecule is CC.CC.CCc1ccc(OC)cc1. The van der Waals surface area contributed by atoms with Gasteiger partial charge in [-0.1, -0.05) is 46.8 Å². The summed E-state index contributed by atoms with van der Waals surface area (Å²) < 4.78 is 5.01. The van der Waals surface area contributed by atoms with Gasteiger partial charge in [-0.05, 0) is 24.1 Å². The maximum absolute atomic E-state index is 5.01. The summed E-state index contributed by atoms with van der Waals surface area (Å²) in [4.78, 5) is 0. The molecule has 0 atom stereocenters. The molecule has 0 aliphatic rings. The molecule has 1 aromatic rings. The van der Waals surface area contributed by atoms with Crippen LogP contribution in [0.1, 0.15) is 40.2 Å². The van der Waals surface area contributed by atoms with Crippen LogP contribution in [0.5, 0.6) is 5.75 Å². The molecule has 0 aliphatic heterocycles. The van der Waals surface area contributed by atoms with Crippen LogP contribution < -0.4 is 4.74 Å². The monoisotopic (exact) mass is 196 g/mol. The Morgan fingerprint density at radius 2 is 1.36 bits per heavy atom. The molecule has 0 unspecified atom stereocenters. The van der Waals surface area contributed by atoms with Crippen LogP contribution in [-0.4, -0.2) is 7.11 Å². The number of hydrogen-bond donors (Lipinski definition) is 0. The molecule has 1 aromatic carbocycles.